The highest BCUT2D eigenvalue weighted by atomic mass is 16.6. The van der Waals surface area contributed by atoms with Crippen LogP contribution in [0.15, 0.2) is 66.7 Å². The van der Waals surface area contributed by atoms with Crippen LogP contribution in [0, 0.1) is 12.3 Å². The fourth-order valence-electron chi connectivity index (χ4n) is 3.52. The number of hydrogen-bond acceptors (Lipinski definition) is 7. The molecule has 0 fully saturated rings. The first-order valence-electron chi connectivity index (χ1n) is 10.9. The summed E-state index contributed by atoms with van der Waals surface area (Å²) in [7, 11) is 1.43. The van der Waals surface area contributed by atoms with Gasteiger partial charge in [-0.3, -0.25) is 4.79 Å². The average Bonchev–Trinajstić information content (AvgIpc) is 2.84. The van der Waals surface area contributed by atoms with Crippen LogP contribution in [0.3, 0.4) is 0 Å². The highest BCUT2D eigenvalue weighted by Crippen LogP contribution is 2.40. The summed E-state index contributed by atoms with van der Waals surface area (Å²) in [6.07, 6.45) is -1.69. The molecule has 0 radical (unpaired) electrons. The number of aromatic nitrogens is 2. The topological polar surface area (TPSA) is 128 Å². The van der Waals surface area contributed by atoms with Crippen LogP contribution in [0.2, 0.25) is 0 Å². The van der Waals surface area contributed by atoms with E-state index in [0.717, 1.165) is 0 Å². The van der Waals surface area contributed by atoms with Crippen LogP contribution in [0.4, 0.5) is 0 Å². The number of carbonyl (C=O) groups is 2. The zero-order valence-electron chi connectivity index (χ0n) is 20.0. The van der Waals surface area contributed by atoms with Gasteiger partial charge in [-0.15, -0.1) is 0 Å². The molecule has 9 nitrogen and oxygen atoms in total. The number of carboxylic acids is 2. The van der Waals surface area contributed by atoms with Crippen molar-refractivity contribution in [3.8, 4) is 11.9 Å². The Labute approximate surface area is 203 Å². The SMILES string of the molecule is COc1cc(C)nc(OC(C(=O)O)C(OCC(C)(C)C(=O)O)(c2ccccc2)c2ccccc2)n1. The van der Waals surface area contributed by atoms with E-state index < -0.39 is 29.1 Å². The summed E-state index contributed by atoms with van der Waals surface area (Å²) >= 11 is 0. The minimum Gasteiger partial charge on any atom is -0.481 e. The van der Waals surface area contributed by atoms with Gasteiger partial charge in [-0.25, -0.2) is 9.78 Å². The number of methoxy groups -OCH3 is 1. The molecular weight excluding hydrogens is 452 g/mol. The number of benzene rings is 2. The molecule has 0 aliphatic heterocycles. The lowest BCUT2D eigenvalue weighted by atomic mass is 9.80. The molecule has 0 aliphatic rings. The van der Waals surface area contributed by atoms with Gasteiger partial charge in [-0.1, -0.05) is 60.7 Å². The zero-order chi connectivity index (χ0) is 25.6. The number of aryl methyl sites for hydroxylation is 1. The van der Waals surface area contributed by atoms with E-state index in [1.807, 2.05) is 0 Å². The zero-order valence-corrected chi connectivity index (χ0v) is 20.0. The summed E-state index contributed by atoms with van der Waals surface area (Å²) in [6, 6.07) is 18.7. The van der Waals surface area contributed by atoms with Crippen molar-refractivity contribution in [2.45, 2.75) is 32.5 Å². The predicted octanol–water partition coefficient (Wildman–Crippen LogP) is 3.70. The third kappa shape index (κ3) is 5.58. The van der Waals surface area contributed by atoms with Gasteiger partial charge in [0.1, 0.15) is 0 Å². The third-order valence-electron chi connectivity index (χ3n) is 5.48. The lowest BCUT2D eigenvalue weighted by molar-refractivity contribution is -0.173. The number of ether oxygens (including phenoxy) is 3. The van der Waals surface area contributed by atoms with Gasteiger partial charge in [0.25, 0.3) is 0 Å². The first kappa shape index (κ1) is 25.6. The van der Waals surface area contributed by atoms with Crippen molar-refractivity contribution < 1.29 is 34.0 Å². The van der Waals surface area contributed by atoms with Gasteiger partial charge in [0.15, 0.2) is 5.60 Å². The minimum absolute atomic E-state index is 0.203. The summed E-state index contributed by atoms with van der Waals surface area (Å²) in [4.78, 5) is 33.0. The van der Waals surface area contributed by atoms with E-state index in [0.29, 0.717) is 16.8 Å². The van der Waals surface area contributed by atoms with Gasteiger partial charge in [0.2, 0.25) is 12.0 Å². The van der Waals surface area contributed by atoms with Crippen molar-refractivity contribution in [2.75, 3.05) is 13.7 Å². The molecule has 2 aromatic carbocycles. The van der Waals surface area contributed by atoms with Crippen LogP contribution in [0.5, 0.6) is 11.9 Å². The number of carboxylic acid groups (broad SMARTS) is 2. The molecule has 3 aromatic rings. The van der Waals surface area contributed by atoms with Crippen molar-refractivity contribution in [2.24, 2.45) is 5.41 Å². The van der Waals surface area contributed by atoms with E-state index in [1.165, 1.54) is 21.0 Å². The van der Waals surface area contributed by atoms with Crippen LogP contribution in [0.1, 0.15) is 30.7 Å². The Hall–Kier alpha value is -3.98. The molecule has 0 amide bonds. The second kappa shape index (κ2) is 10.5. The second-order valence-corrected chi connectivity index (χ2v) is 8.62. The third-order valence-corrected chi connectivity index (χ3v) is 5.48. The first-order chi connectivity index (χ1) is 16.6. The van der Waals surface area contributed by atoms with Gasteiger partial charge >= 0.3 is 17.9 Å². The monoisotopic (exact) mass is 480 g/mol. The van der Waals surface area contributed by atoms with Gasteiger partial charge in [0, 0.05) is 11.8 Å². The molecule has 0 saturated carbocycles. The van der Waals surface area contributed by atoms with E-state index in [2.05, 4.69) is 9.97 Å². The van der Waals surface area contributed by atoms with Crippen molar-refractivity contribution in [1.82, 2.24) is 9.97 Å². The van der Waals surface area contributed by atoms with Crippen LogP contribution in [0.25, 0.3) is 0 Å². The van der Waals surface area contributed by atoms with E-state index in [4.69, 9.17) is 14.2 Å². The average molecular weight is 481 g/mol. The van der Waals surface area contributed by atoms with E-state index >= 15 is 0 Å². The highest BCUT2D eigenvalue weighted by molar-refractivity contribution is 5.76. The Kier molecular flexibility index (Phi) is 7.71. The van der Waals surface area contributed by atoms with Gasteiger partial charge in [-0.05, 0) is 31.9 Å². The molecule has 0 bridgehead atoms. The van der Waals surface area contributed by atoms with E-state index in [1.54, 1.807) is 73.7 Å². The molecule has 0 saturated heterocycles. The second-order valence-electron chi connectivity index (χ2n) is 8.62. The molecule has 2 N–H and O–H groups in total. The molecular formula is C26H28N2O7. The van der Waals surface area contributed by atoms with Gasteiger partial charge in [0.05, 0.1) is 19.1 Å². The summed E-state index contributed by atoms with van der Waals surface area (Å²) in [6.45, 7) is 4.39. The van der Waals surface area contributed by atoms with Crippen molar-refractivity contribution in [3.05, 3.63) is 83.6 Å². The quantitative estimate of drug-likeness (QED) is 0.422. The van der Waals surface area contributed by atoms with Gasteiger partial charge < -0.3 is 24.4 Å². The summed E-state index contributed by atoms with van der Waals surface area (Å²) in [5.74, 6) is -2.24. The molecule has 9 heteroatoms. The molecule has 0 aliphatic carbocycles. The summed E-state index contributed by atoms with van der Waals surface area (Å²) < 4.78 is 17.4. The number of nitrogens with zero attached hydrogens (tertiary/aromatic N) is 2. The van der Waals surface area contributed by atoms with Crippen LogP contribution >= 0.6 is 0 Å². The fraction of sp³-hybridized carbons (Fsp3) is 0.308. The number of aliphatic carboxylic acids is 2. The van der Waals surface area contributed by atoms with Gasteiger partial charge in [-0.2, -0.15) is 4.98 Å². The fourth-order valence-corrected chi connectivity index (χ4v) is 3.52. The summed E-state index contributed by atoms with van der Waals surface area (Å²) in [5.41, 5.74) is -1.64. The molecule has 1 atom stereocenters. The minimum atomic E-state index is -1.75. The van der Waals surface area contributed by atoms with Crippen LogP contribution in [-0.2, 0) is 19.9 Å². The standard InChI is InChI=1S/C26H28N2O7/c1-17-15-20(33-4)28-24(27-17)35-21(22(29)30)26(18-11-7-5-8-12-18,19-13-9-6-10-14-19)34-16-25(2,3)23(31)32/h5-15,21H,16H2,1-4H3,(H,29,30)(H,31,32). The maximum Gasteiger partial charge on any atom is 0.348 e. The lowest BCUT2D eigenvalue weighted by Gasteiger charge is -2.40. The maximum absolute atomic E-state index is 12.8. The van der Waals surface area contributed by atoms with Crippen LogP contribution < -0.4 is 9.47 Å². The Morgan fingerprint density at radius 1 is 0.943 bits per heavy atom. The van der Waals surface area contributed by atoms with Crippen molar-refractivity contribution in [3.63, 3.8) is 0 Å². The lowest BCUT2D eigenvalue weighted by Crippen LogP contribution is -2.52. The summed E-state index contributed by atoms with van der Waals surface area (Å²) in [5, 5.41) is 20.1. The predicted molar refractivity (Wildman–Crippen MR) is 126 cm³/mol. The number of rotatable bonds is 11. The molecule has 184 valence electrons. The molecule has 35 heavy (non-hydrogen) atoms. The first-order valence-corrected chi connectivity index (χ1v) is 10.9. The smallest absolute Gasteiger partial charge is 0.348 e. The van der Waals surface area contributed by atoms with Crippen molar-refractivity contribution >= 4 is 11.9 Å². The van der Waals surface area contributed by atoms with E-state index in [9.17, 15) is 19.8 Å². The Morgan fingerprint density at radius 3 is 1.94 bits per heavy atom. The van der Waals surface area contributed by atoms with Crippen molar-refractivity contribution in [1.29, 1.82) is 0 Å². The maximum atomic E-state index is 12.8. The van der Waals surface area contributed by atoms with E-state index in [-0.39, 0.29) is 18.5 Å². The van der Waals surface area contributed by atoms with Crippen LogP contribution in [-0.4, -0.2) is 51.9 Å². The molecule has 1 heterocycles. The normalized spacial score (nSPS) is 12.6. The number of hydrogen-bond donors (Lipinski definition) is 2. The largest absolute Gasteiger partial charge is 0.481 e. The molecule has 3 rings (SSSR count). The highest BCUT2D eigenvalue weighted by Gasteiger charge is 2.51. The molecule has 0 spiro atoms. The molecule has 1 unspecified atom stereocenters. The Bertz CT molecular complexity index is 1130. The Balaban J connectivity index is 2.25. The Morgan fingerprint density at radius 2 is 1.49 bits per heavy atom. The molecule has 1 aromatic heterocycles.